The van der Waals surface area contributed by atoms with Gasteiger partial charge in [-0.05, 0) is 19.1 Å². The molecule has 0 bridgehead atoms. The molecule has 1 amide bonds. The fourth-order valence-electron chi connectivity index (χ4n) is 2.04. The Hall–Kier alpha value is -2.83. The number of pyridine rings is 1. The summed E-state index contributed by atoms with van der Waals surface area (Å²) < 4.78 is 6.70. The molecule has 7 heteroatoms. The highest BCUT2D eigenvalue weighted by Crippen LogP contribution is 2.16. The van der Waals surface area contributed by atoms with Gasteiger partial charge in [-0.25, -0.2) is 4.79 Å². The van der Waals surface area contributed by atoms with Gasteiger partial charge in [0.2, 0.25) is 0 Å². The smallest absolute Gasteiger partial charge is 0.339 e. The molecule has 1 N–H and O–H groups in total. The summed E-state index contributed by atoms with van der Waals surface area (Å²) in [4.78, 5) is 36.1. The first-order valence-corrected chi connectivity index (χ1v) is 6.54. The van der Waals surface area contributed by atoms with Crippen LogP contribution in [0.25, 0.3) is 0 Å². The maximum atomic E-state index is 12.3. The standard InChI is InChI=1S/C15H16N2O5/c1-9-12(15(20)21)7-11(22-9)8-17(3)14(19)10-4-5-16(2)13(18)6-10/h4-7H,8H2,1-3H3,(H,20,21). The van der Waals surface area contributed by atoms with Crippen LogP contribution in [-0.4, -0.2) is 33.5 Å². The third kappa shape index (κ3) is 3.08. The van der Waals surface area contributed by atoms with Crippen molar-refractivity contribution in [2.75, 3.05) is 7.05 Å². The summed E-state index contributed by atoms with van der Waals surface area (Å²) in [6, 6.07) is 4.21. The van der Waals surface area contributed by atoms with Gasteiger partial charge in [-0.15, -0.1) is 0 Å². The highest BCUT2D eigenvalue weighted by Gasteiger charge is 2.18. The lowest BCUT2D eigenvalue weighted by Crippen LogP contribution is -2.28. The number of carboxylic acid groups (broad SMARTS) is 1. The van der Waals surface area contributed by atoms with Crippen LogP contribution in [0.5, 0.6) is 0 Å². The van der Waals surface area contributed by atoms with Crippen LogP contribution in [0.2, 0.25) is 0 Å². The van der Waals surface area contributed by atoms with E-state index in [0.29, 0.717) is 5.76 Å². The zero-order valence-corrected chi connectivity index (χ0v) is 12.5. The van der Waals surface area contributed by atoms with E-state index in [1.807, 2.05) is 0 Å². The number of carbonyl (C=O) groups excluding carboxylic acids is 1. The number of hydrogen-bond donors (Lipinski definition) is 1. The summed E-state index contributed by atoms with van der Waals surface area (Å²) in [6.45, 7) is 1.66. The Labute approximate surface area is 126 Å². The molecule has 22 heavy (non-hydrogen) atoms. The summed E-state index contributed by atoms with van der Waals surface area (Å²) >= 11 is 0. The molecule has 0 aliphatic rings. The number of furan rings is 1. The third-order valence-corrected chi connectivity index (χ3v) is 3.29. The van der Waals surface area contributed by atoms with Gasteiger partial charge in [-0.2, -0.15) is 0 Å². The van der Waals surface area contributed by atoms with E-state index in [1.54, 1.807) is 27.1 Å². The Morgan fingerprint density at radius 2 is 2.05 bits per heavy atom. The second kappa shape index (κ2) is 5.88. The van der Waals surface area contributed by atoms with E-state index in [1.165, 1.54) is 27.8 Å². The summed E-state index contributed by atoms with van der Waals surface area (Å²) in [5.41, 5.74) is 0.0676. The van der Waals surface area contributed by atoms with Crippen molar-refractivity contribution in [3.63, 3.8) is 0 Å². The van der Waals surface area contributed by atoms with Crippen LogP contribution in [0.4, 0.5) is 0 Å². The van der Waals surface area contributed by atoms with Crippen LogP contribution in [0.15, 0.2) is 33.6 Å². The molecule has 2 aromatic rings. The van der Waals surface area contributed by atoms with Crippen molar-refractivity contribution >= 4 is 11.9 Å². The van der Waals surface area contributed by atoms with Crippen molar-refractivity contribution in [2.24, 2.45) is 7.05 Å². The van der Waals surface area contributed by atoms with Gasteiger partial charge >= 0.3 is 5.97 Å². The average molecular weight is 304 g/mol. The van der Waals surface area contributed by atoms with E-state index in [0.717, 1.165) is 0 Å². The largest absolute Gasteiger partial charge is 0.478 e. The highest BCUT2D eigenvalue weighted by atomic mass is 16.4. The van der Waals surface area contributed by atoms with Crippen LogP contribution in [0.3, 0.4) is 0 Å². The van der Waals surface area contributed by atoms with E-state index < -0.39 is 5.97 Å². The minimum absolute atomic E-state index is 0.0735. The fourth-order valence-corrected chi connectivity index (χ4v) is 2.04. The molecule has 2 aromatic heterocycles. The topological polar surface area (TPSA) is 92.8 Å². The van der Waals surface area contributed by atoms with Crippen molar-refractivity contribution in [3.05, 3.63) is 57.4 Å². The quantitative estimate of drug-likeness (QED) is 0.918. The number of carbonyl (C=O) groups is 2. The van der Waals surface area contributed by atoms with Gasteiger partial charge in [0.25, 0.3) is 11.5 Å². The average Bonchev–Trinajstić information content (AvgIpc) is 2.82. The number of amides is 1. The normalized spacial score (nSPS) is 10.5. The van der Waals surface area contributed by atoms with E-state index in [2.05, 4.69) is 0 Å². The monoisotopic (exact) mass is 304 g/mol. The minimum Gasteiger partial charge on any atom is -0.478 e. The van der Waals surface area contributed by atoms with Crippen molar-refractivity contribution in [1.29, 1.82) is 0 Å². The van der Waals surface area contributed by atoms with Crippen molar-refractivity contribution in [3.8, 4) is 0 Å². The maximum absolute atomic E-state index is 12.3. The molecular formula is C15H16N2O5. The van der Waals surface area contributed by atoms with Gasteiger partial charge in [-0.1, -0.05) is 0 Å². The molecule has 116 valence electrons. The Bertz CT molecular complexity index is 787. The van der Waals surface area contributed by atoms with Crippen LogP contribution < -0.4 is 5.56 Å². The van der Waals surface area contributed by atoms with E-state index in [4.69, 9.17) is 9.52 Å². The van der Waals surface area contributed by atoms with Crippen LogP contribution in [-0.2, 0) is 13.6 Å². The summed E-state index contributed by atoms with van der Waals surface area (Å²) in [6.07, 6.45) is 1.52. The molecule has 7 nitrogen and oxygen atoms in total. The molecule has 2 rings (SSSR count). The number of rotatable bonds is 4. The predicted octanol–water partition coefficient (Wildman–Crippen LogP) is 1.26. The molecule has 0 aliphatic carbocycles. The maximum Gasteiger partial charge on any atom is 0.339 e. The van der Waals surface area contributed by atoms with Gasteiger partial charge in [0.1, 0.15) is 17.1 Å². The fraction of sp³-hybridized carbons (Fsp3) is 0.267. The van der Waals surface area contributed by atoms with E-state index in [-0.39, 0.29) is 34.9 Å². The Balaban J connectivity index is 2.17. The lowest BCUT2D eigenvalue weighted by molar-refractivity contribution is 0.0694. The highest BCUT2D eigenvalue weighted by molar-refractivity contribution is 5.94. The zero-order chi connectivity index (χ0) is 16.4. The van der Waals surface area contributed by atoms with Gasteiger partial charge in [0.15, 0.2) is 0 Å². The molecule has 0 radical (unpaired) electrons. The number of aromatic nitrogens is 1. The van der Waals surface area contributed by atoms with Crippen LogP contribution in [0, 0.1) is 6.92 Å². The molecule has 0 spiro atoms. The van der Waals surface area contributed by atoms with E-state index >= 15 is 0 Å². The molecule has 0 saturated carbocycles. The van der Waals surface area contributed by atoms with Crippen molar-refractivity contribution in [1.82, 2.24) is 9.47 Å². The molecule has 0 atom stereocenters. The van der Waals surface area contributed by atoms with Crippen molar-refractivity contribution in [2.45, 2.75) is 13.5 Å². The lowest BCUT2D eigenvalue weighted by Gasteiger charge is -2.15. The third-order valence-electron chi connectivity index (χ3n) is 3.29. The number of carboxylic acids is 1. The second-order valence-electron chi connectivity index (χ2n) is 5.01. The zero-order valence-electron chi connectivity index (χ0n) is 12.5. The first kappa shape index (κ1) is 15.6. The lowest BCUT2D eigenvalue weighted by atomic mass is 10.2. The first-order chi connectivity index (χ1) is 10.3. The Morgan fingerprint density at radius 3 is 2.59 bits per heavy atom. The number of hydrogen-bond acceptors (Lipinski definition) is 4. The van der Waals surface area contributed by atoms with E-state index in [9.17, 15) is 14.4 Å². The van der Waals surface area contributed by atoms with Gasteiger partial charge < -0.3 is 19.0 Å². The van der Waals surface area contributed by atoms with Gasteiger partial charge in [0.05, 0.1) is 6.54 Å². The molecule has 0 saturated heterocycles. The molecule has 0 aromatic carbocycles. The molecule has 0 fully saturated rings. The van der Waals surface area contributed by atoms with Gasteiger partial charge in [-0.3, -0.25) is 9.59 Å². The summed E-state index contributed by atoms with van der Waals surface area (Å²) in [5, 5.41) is 8.98. The molecule has 0 unspecified atom stereocenters. The second-order valence-corrected chi connectivity index (χ2v) is 5.01. The molecule has 0 aliphatic heterocycles. The summed E-state index contributed by atoms with van der Waals surface area (Å²) in [7, 11) is 3.15. The SMILES string of the molecule is Cc1oc(CN(C)C(=O)c2ccn(C)c(=O)c2)cc1C(=O)O. The molecule has 2 heterocycles. The van der Waals surface area contributed by atoms with Crippen LogP contribution in [0.1, 0.15) is 32.2 Å². The summed E-state index contributed by atoms with van der Waals surface area (Å²) in [5.74, 6) is -0.761. The number of aromatic carboxylic acids is 1. The van der Waals surface area contributed by atoms with Crippen LogP contribution >= 0.6 is 0 Å². The Morgan fingerprint density at radius 1 is 1.36 bits per heavy atom. The minimum atomic E-state index is -1.08. The Kier molecular flexibility index (Phi) is 4.16. The number of aryl methyl sites for hydroxylation is 2. The first-order valence-electron chi connectivity index (χ1n) is 6.54. The number of nitrogens with zero attached hydrogens (tertiary/aromatic N) is 2. The predicted molar refractivity (Wildman–Crippen MR) is 77.9 cm³/mol. The van der Waals surface area contributed by atoms with Crippen molar-refractivity contribution < 1.29 is 19.1 Å². The molecular weight excluding hydrogens is 288 g/mol. The van der Waals surface area contributed by atoms with Gasteiger partial charge in [0, 0.05) is 31.9 Å².